The SMILES string of the molecule is Cc1ccc(-n2c(C(C)C)nc3c(C#C[Si](C)(C)C)c(N)ccc3c2=O)cc1. The second-order valence-corrected chi connectivity index (χ2v) is 13.3. The predicted molar refractivity (Wildman–Crippen MR) is 121 cm³/mol. The molecule has 1 heterocycles. The number of benzene rings is 2. The number of hydrogen-bond acceptors (Lipinski definition) is 3. The van der Waals surface area contributed by atoms with Crippen LogP contribution < -0.4 is 11.3 Å². The standard InChI is InChI=1S/C23H27N3OSi/c1-15(2)22-25-21-18(13-14-28(4,5)6)20(24)12-11-19(21)23(27)26(22)17-9-7-16(3)8-10-17/h7-12,15H,24H2,1-6H3. The molecular formula is C23H27N3OSi. The average molecular weight is 390 g/mol. The summed E-state index contributed by atoms with van der Waals surface area (Å²) in [5, 5.41) is 0.541. The van der Waals surface area contributed by atoms with Gasteiger partial charge >= 0.3 is 0 Å². The molecule has 0 saturated carbocycles. The van der Waals surface area contributed by atoms with Gasteiger partial charge in [0.15, 0.2) is 0 Å². The van der Waals surface area contributed by atoms with Crippen LogP contribution in [0, 0.1) is 18.4 Å². The number of aryl methyl sites for hydroxylation is 1. The first-order valence-corrected chi connectivity index (χ1v) is 13.0. The summed E-state index contributed by atoms with van der Waals surface area (Å²) in [5.74, 6) is 4.01. The predicted octanol–water partition coefficient (Wildman–Crippen LogP) is 4.63. The van der Waals surface area contributed by atoms with Crippen molar-refractivity contribution in [2.75, 3.05) is 5.73 Å². The van der Waals surface area contributed by atoms with Gasteiger partial charge in [-0.3, -0.25) is 9.36 Å². The maximum atomic E-state index is 13.4. The summed E-state index contributed by atoms with van der Waals surface area (Å²) >= 11 is 0. The second kappa shape index (κ2) is 7.29. The number of aromatic nitrogens is 2. The Morgan fingerprint density at radius 1 is 1.07 bits per heavy atom. The Morgan fingerprint density at radius 2 is 1.71 bits per heavy atom. The van der Waals surface area contributed by atoms with Crippen LogP contribution in [-0.4, -0.2) is 17.6 Å². The van der Waals surface area contributed by atoms with Crippen molar-refractivity contribution < 1.29 is 0 Å². The lowest BCUT2D eigenvalue weighted by Crippen LogP contribution is -2.25. The fraction of sp³-hybridized carbons (Fsp3) is 0.304. The van der Waals surface area contributed by atoms with E-state index in [1.807, 2.05) is 45.0 Å². The van der Waals surface area contributed by atoms with E-state index < -0.39 is 8.07 Å². The third-order valence-electron chi connectivity index (χ3n) is 4.47. The molecular weight excluding hydrogens is 362 g/mol. The number of nitrogens with zero attached hydrogens (tertiary/aromatic N) is 2. The first-order chi connectivity index (χ1) is 13.1. The molecule has 0 fully saturated rings. The Morgan fingerprint density at radius 3 is 2.29 bits per heavy atom. The van der Waals surface area contributed by atoms with E-state index in [4.69, 9.17) is 10.7 Å². The molecule has 4 nitrogen and oxygen atoms in total. The van der Waals surface area contributed by atoms with Crippen molar-refractivity contribution >= 4 is 24.7 Å². The molecule has 144 valence electrons. The van der Waals surface area contributed by atoms with Gasteiger partial charge in [0.05, 0.1) is 22.2 Å². The molecule has 0 aliphatic heterocycles. The molecule has 0 spiro atoms. The summed E-state index contributed by atoms with van der Waals surface area (Å²) in [6, 6.07) is 11.4. The van der Waals surface area contributed by atoms with Gasteiger partial charge in [0.25, 0.3) is 5.56 Å². The number of fused-ring (bicyclic) bond motifs is 1. The molecule has 0 radical (unpaired) electrons. The van der Waals surface area contributed by atoms with Gasteiger partial charge in [-0.05, 0) is 31.2 Å². The molecule has 0 atom stereocenters. The van der Waals surface area contributed by atoms with E-state index in [0.717, 1.165) is 11.3 Å². The van der Waals surface area contributed by atoms with Crippen LogP contribution in [0.3, 0.4) is 0 Å². The Bertz CT molecular complexity index is 1160. The zero-order valence-corrected chi connectivity index (χ0v) is 18.4. The van der Waals surface area contributed by atoms with Crippen molar-refractivity contribution in [3.05, 3.63) is 63.7 Å². The van der Waals surface area contributed by atoms with Crippen molar-refractivity contribution in [1.82, 2.24) is 9.55 Å². The fourth-order valence-corrected chi connectivity index (χ4v) is 3.50. The summed E-state index contributed by atoms with van der Waals surface area (Å²) in [7, 11) is -1.60. The van der Waals surface area contributed by atoms with Crippen molar-refractivity contribution in [3.8, 4) is 17.2 Å². The summed E-state index contributed by atoms with van der Waals surface area (Å²) in [6.45, 7) is 12.6. The molecule has 28 heavy (non-hydrogen) atoms. The van der Waals surface area contributed by atoms with Crippen LogP contribution in [0.4, 0.5) is 5.69 Å². The summed E-state index contributed by atoms with van der Waals surface area (Å²) < 4.78 is 1.71. The van der Waals surface area contributed by atoms with Gasteiger partial charge in [0.1, 0.15) is 13.9 Å². The van der Waals surface area contributed by atoms with Crippen molar-refractivity contribution in [2.45, 2.75) is 46.3 Å². The van der Waals surface area contributed by atoms with E-state index in [0.29, 0.717) is 28.0 Å². The van der Waals surface area contributed by atoms with Gasteiger partial charge in [-0.2, -0.15) is 0 Å². The van der Waals surface area contributed by atoms with Crippen LogP contribution in [0.15, 0.2) is 41.2 Å². The lowest BCUT2D eigenvalue weighted by atomic mass is 10.1. The summed E-state index contributed by atoms with van der Waals surface area (Å²) in [4.78, 5) is 18.3. The second-order valence-electron chi connectivity index (χ2n) is 8.53. The molecule has 0 amide bonds. The Labute approximate surface area is 167 Å². The van der Waals surface area contributed by atoms with Crippen LogP contribution in [-0.2, 0) is 0 Å². The van der Waals surface area contributed by atoms with Crippen molar-refractivity contribution in [1.29, 1.82) is 0 Å². The molecule has 3 aromatic rings. The third kappa shape index (κ3) is 3.88. The van der Waals surface area contributed by atoms with Crippen molar-refractivity contribution in [2.24, 2.45) is 0 Å². The molecule has 1 aromatic heterocycles. The lowest BCUT2D eigenvalue weighted by Gasteiger charge is -2.17. The molecule has 0 unspecified atom stereocenters. The highest BCUT2D eigenvalue weighted by atomic mass is 28.3. The zero-order valence-electron chi connectivity index (χ0n) is 17.4. The van der Waals surface area contributed by atoms with Crippen LogP contribution in [0.25, 0.3) is 16.6 Å². The van der Waals surface area contributed by atoms with Gasteiger partial charge in [0, 0.05) is 11.6 Å². The first-order valence-electron chi connectivity index (χ1n) is 9.54. The largest absolute Gasteiger partial charge is 0.398 e. The van der Waals surface area contributed by atoms with E-state index in [1.54, 1.807) is 16.7 Å². The van der Waals surface area contributed by atoms with Crippen LogP contribution in [0.2, 0.25) is 19.6 Å². The van der Waals surface area contributed by atoms with Crippen LogP contribution >= 0.6 is 0 Å². The highest BCUT2D eigenvalue weighted by Gasteiger charge is 2.18. The Balaban J connectivity index is 2.40. The Kier molecular flexibility index (Phi) is 5.18. The number of nitrogens with two attached hydrogens (primary N) is 1. The van der Waals surface area contributed by atoms with Gasteiger partial charge < -0.3 is 5.73 Å². The number of hydrogen-bond donors (Lipinski definition) is 1. The van der Waals surface area contributed by atoms with E-state index in [1.165, 1.54) is 0 Å². The fourth-order valence-electron chi connectivity index (χ4n) is 3.00. The van der Waals surface area contributed by atoms with Gasteiger partial charge in [-0.25, -0.2) is 4.98 Å². The highest BCUT2D eigenvalue weighted by molar-refractivity contribution is 6.83. The molecule has 5 heteroatoms. The summed E-state index contributed by atoms with van der Waals surface area (Å²) in [6.07, 6.45) is 0. The van der Waals surface area contributed by atoms with Gasteiger partial charge in [0.2, 0.25) is 0 Å². The number of anilines is 1. The molecule has 0 aliphatic rings. The van der Waals surface area contributed by atoms with Crippen LogP contribution in [0.5, 0.6) is 0 Å². The normalized spacial score (nSPS) is 11.5. The van der Waals surface area contributed by atoms with Crippen LogP contribution in [0.1, 0.15) is 36.7 Å². The third-order valence-corrected chi connectivity index (χ3v) is 5.35. The maximum Gasteiger partial charge on any atom is 0.266 e. The summed E-state index contributed by atoms with van der Waals surface area (Å²) in [5.41, 5.74) is 13.3. The molecule has 0 saturated heterocycles. The average Bonchev–Trinajstić information content (AvgIpc) is 2.60. The minimum Gasteiger partial charge on any atom is -0.398 e. The van der Waals surface area contributed by atoms with Crippen molar-refractivity contribution in [3.63, 3.8) is 0 Å². The lowest BCUT2D eigenvalue weighted by molar-refractivity contribution is 0.723. The zero-order chi connectivity index (χ0) is 20.6. The van der Waals surface area contributed by atoms with E-state index in [-0.39, 0.29) is 11.5 Å². The monoisotopic (exact) mass is 389 g/mol. The molecule has 3 rings (SSSR count). The Hall–Kier alpha value is -2.84. The number of nitrogen functional groups attached to an aromatic ring is 1. The molecule has 2 N–H and O–H groups in total. The van der Waals surface area contributed by atoms with E-state index in [9.17, 15) is 4.79 Å². The number of rotatable bonds is 2. The van der Waals surface area contributed by atoms with Gasteiger partial charge in [-0.15, -0.1) is 5.54 Å². The van der Waals surface area contributed by atoms with E-state index >= 15 is 0 Å². The smallest absolute Gasteiger partial charge is 0.266 e. The minimum absolute atomic E-state index is 0.0673. The quantitative estimate of drug-likeness (QED) is 0.395. The first kappa shape index (κ1) is 19.9. The van der Waals surface area contributed by atoms with Gasteiger partial charge in [-0.1, -0.05) is 57.1 Å². The molecule has 0 aliphatic carbocycles. The highest BCUT2D eigenvalue weighted by Crippen LogP contribution is 2.24. The minimum atomic E-state index is -1.60. The molecule has 0 bridgehead atoms. The maximum absolute atomic E-state index is 13.4. The van der Waals surface area contributed by atoms with E-state index in [2.05, 4.69) is 31.1 Å². The molecule has 2 aromatic carbocycles. The topological polar surface area (TPSA) is 60.9 Å².